The number of hydrogen-bond donors (Lipinski definition) is 1. The van der Waals surface area contributed by atoms with Crippen LogP contribution in [0.2, 0.25) is 0 Å². The second-order valence-electron chi connectivity index (χ2n) is 2.50. The highest BCUT2D eigenvalue weighted by Crippen LogP contribution is 2.19. The quantitative estimate of drug-likeness (QED) is 0.736. The molecule has 0 amide bonds. The minimum atomic E-state index is -2.76. The maximum absolute atomic E-state index is 12.2. The smallest absolute Gasteiger partial charge is 0.356 e. The van der Waals surface area contributed by atoms with Gasteiger partial charge in [-0.05, 0) is 12.1 Å². The number of alkyl halides is 2. The number of carbonyl (C=O) groups is 1. The van der Waals surface area contributed by atoms with Crippen LogP contribution in [-0.4, -0.2) is 18.1 Å². The number of aromatic nitrogens is 1. The van der Waals surface area contributed by atoms with E-state index in [0.29, 0.717) is 0 Å². The molecule has 6 heteroatoms. The standard InChI is InChI=1S/C8H8F2N2O2/c1-14-8(13)6-3-4(11)2-5(12-6)7(9)10/h2-3,7H,1H3,(H2,11,12). The van der Waals surface area contributed by atoms with Crippen LogP contribution in [0.25, 0.3) is 0 Å². The molecule has 0 atom stereocenters. The molecule has 0 saturated heterocycles. The van der Waals surface area contributed by atoms with Gasteiger partial charge in [-0.2, -0.15) is 0 Å². The zero-order chi connectivity index (χ0) is 10.7. The maximum atomic E-state index is 12.2. The number of nitrogen functional groups attached to an aromatic ring is 1. The van der Waals surface area contributed by atoms with Crippen molar-refractivity contribution in [1.29, 1.82) is 0 Å². The molecule has 0 aliphatic carbocycles. The molecule has 0 unspecified atom stereocenters. The minimum absolute atomic E-state index is 0.0516. The predicted molar refractivity (Wildman–Crippen MR) is 44.9 cm³/mol. The molecule has 0 aliphatic rings. The van der Waals surface area contributed by atoms with Crippen LogP contribution in [0.3, 0.4) is 0 Å². The lowest BCUT2D eigenvalue weighted by molar-refractivity contribution is 0.0592. The summed E-state index contributed by atoms with van der Waals surface area (Å²) < 4.78 is 28.8. The van der Waals surface area contributed by atoms with E-state index in [1.165, 1.54) is 6.07 Å². The van der Waals surface area contributed by atoms with Crippen LogP contribution in [0, 0.1) is 0 Å². The Balaban J connectivity index is 3.13. The Hall–Kier alpha value is -1.72. The summed E-state index contributed by atoms with van der Waals surface area (Å²) in [7, 11) is 1.13. The lowest BCUT2D eigenvalue weighted by Gasteiger charge is -2.03. The largest absolute Gasteiger partial charge is 0.464 e. The van der Waals surface area contributed by atoms with Gasteiger partial charge in [-0.25, -0.2) is 18.6 Å². The van der Waals surface area contributed by atoms with Gasteiger partial charge in [-0.1, -0.05) is 0 Å². The van der Waals surface area contributed by atoms with Crippen LogP contribution in [0.1, 0.15) is 22.6 Å². The first-order chi connectivity index (χ1) is 6.54. The van der Waals surface area contributed by atoms with Gasteiger partial charge in [0.2, 0.25) is 0 Å². The summed E-state index contributed by atoms with van der Waals surface area (Å²) >= 11 is 0. The Kier molecular flexibility index (Phi) is 2.95. The Morgan fingerprint density at radius 2 is 2.21 bits per heavy atom. The van der Waals surface area contributed by atoms with Gasteiger partial charge in [0.05, 0.1) is 7.11 Å². The Labute approximate surface area is 78.7 Å². The molecule has 0 aromatic carbocycles. The molecule has 1 aromatic heterocycles. The van der Waals surface area contributed by atoms with Crippen molar-refractivity contribution >= 4 is 11.7 Å². The van der Waals surface area contributed by atoms with E-state index in [1.807, 2.05) is 0 Å². The molecule has 1 rings (SSSR count). The number of methoxy groups -OCH3 is 1. The molecule has 0 bridgehead atoms. The first kappa shape index (κ1) is 10.4. The number of pyridine rings is 1. The summed E-state index contributed by atoms with van der Waals surface area (Å²) in [6, 6.07) is 2.19. The van der Waals surface area contributed by atoms with E-state index < -0.39 is 18.1 Å². The molecule has 0 fully saturated rings. The number of rotatable bonds is 2. The number of nitrogens with zero attached hydrogens (tertiary/aromatic N) is 1. The Morgan fingerprint density at radius 1 is 1.57 bits per heavy atom. The molecule has 1 aromatic rings. The van der Waals surface area contributed by atoms with Gasteiger partial charge in [-0.15, -0.1) is 0 Å². The first-order valence-electron chi connectivity index (χ1n) is 3.68. The Bertz CT molecular complexity index is 355. The first-order valence-corrected chi connectivity index (χ1v) is 3.68. The van der Waals surface area contributed by atoms with Crippen molar-refractivity contribution < 1.29 is 18.3 Å². The van der Waals surface area contributed by atoms with Crippen molar-refractivity contribution in [1.82, 2.24) is 4.98 Å². The molecule has 0 radical (unpaired) electrons. The van der Waals surface area contributed by atoms with Crippen molar-refractivity contribution in [2.24, 2.45) is 0 Å². The zero-order valence-corrected chi connectivity index (χ0v) is 7.33. The van der Waals surface area contributed by atoms with E-state index >= 15 is 0 Å². The van der Waals surface area contributed by atoms with Gasteiger partial charge in [-0.3, -0.25) is 0 Å². The van der Waals surface area contributed by atoms with Crippen LogP contribution in [-0.2, 0) is 4.74 Å². The van der Waals surface area contributed by atoms with Crippen molar-refractivity contribution in [2.45, 2.75) is 6.43 Å². The third-order valence-electron chi connectivity index (χ3n) is 1.49. The van der Waals surface area contributed by atoms with Gasteiger partial charge in [0.15, 0.2) is 5.69 Å². The van der Waals surface area contributed by atoms with Crippen molar-refractivity contribution in [2.75, 3.05) is 12.8 Å². The van der Waals surface area contributed by atoms with Gasteiger partial charge in [0.1, 0.15) is 5.69 Å². The van der Waals surface area contributed by atoms with E-state index in [9.17, 15) is 13.6 Å². The number of carbonyl (C=O) groups excluding carboxylic acids is 1. The van der Waals surface area contributed by atoms with Crippen LogP contribution in [0.15, 0.2) is 12.1 Å². The fourth-order valence-corrected chi connectivity index (χ4v) is 0.895. The summed E-state index contributed by atoms with van der Waals surface area (Å²) in [5.41, 5.74) is 4.60. The third-order valence-corrected chi connectivity index (χ3v) is 1.49. The topological polar surface area (TPSA) is 65.2 Å². The van der Waals surface area contributed by atoms with E-state index in [1.54, 1.807) is 0 Å². The predicted octanol–water partition coefficient (Wildman–Crippen LogP) is 1.39. The van der Waals surface area contributed by atoms with E-state index in [4.69, 9.17) is 5.73 Å². The molecule has 4 nitrogen and oxygen atoms in total. The monoisotopic (exact) mass is 202 g/mol. The maximum Gasteiger partial charge on any atom is 0.356 e. The molecule has 2 N–H and O–H groups in total. The molecule has 14 heavy (non-hydrogen) atoms. The number of hydrogen-bond acceptors (Lipinski definition) is 4. The third kappa shape index (κ3) is 2.15. The van der Waals surface area contributed by atoms with Crippen molar-refractivity contribution in [3.8, 4) is 0 Å². The number of halogens is 2. The van der Waals surface area contributed by atoms with Crippen LogP contribution in [0.4, 0.5) is 14.5 Å². The van der Waals surface area contributed by atoms with Gasteiger partial charge < -0.3 is 10.5 Å². The molecule has 0 spiro atoms. The highest BCUT2D eigenvalue weighted by molar-refractivity contribution is 5.88. The average molecular weight is 202 g/mol. The minimum Gasteiger partial charge on any atom is -0.464 e. The van der Waals surface area contributed by atoms with E-state index in [-0.39, 0.29) is 11.4 Å². The molecular formula is C8H8F2N2O2. The molecular weight excluding hydrogens is 194 g/mol. The summed E-state index contributed by atoms with van der Waals surface area (Å²) in [5, 5.41) is 0. The van der Waals surface area contributed by atoms with Gasteiger partial charge >= 0.3 is 5.97 Å². The molecule has 0 saturated carbocycles. The van der Waals surface area contributed by atoms with Crippen LogP contribution >= 0.6 is 0 Å². The van der Waals surface area contributed by atoms with Gasteiger partial charge in [0, 0.05) is 5.69 Å². The van der Waals surface area contributed by atoms with Crippen LogP contribution < -0.4 is 5.73 Å². The lowest BCUT2D eigenvalue weighted by Crippen LogP contribution is -2.07. The zero-order valence-electron chi connectivity index (χ0n) is 7.33. The van der Waals surface area contributed by atoms with E-state index in [0.717, 1.165) is 13.2 Å². The van der Waals surface area contributed by atoms with Gasteiger partial charge in [0.25, 0.3) is 6.43 Å². The van der Waals surface area contributed by atoms with E-state index in [2.05, 4.69) is 9.72 Å². The van der Waals surface area contributed by atoms with Crippen molar-refractivity contribution in [3.63, 3.8) is 0 Å². The number of anilines is 1. The molecule has 76 valence electrons. The highest BCUT2D eigenvalue weighted by atomic mass is 19.3. The Morgan fingerprint density at radius 3 is 2.71 bits per heavy atom. The fourth-order valence-electron chi connectivity index (χ4n) is 0.895. The lowest BCUT2D eigenvalue weighted by atomic mass is 10.2. The second-order valence-corrected chi connectivity index (χ2v) is 2.50. The highest BCUT2D eigenvalue weighted by Gasteiger charge is 2.14. The number of nitrogens with two attached hydrogens (primary N) is 1. The second kappa shape index (κ2) is 3.99. The normalized spacial score (nSPS) is 10.3. The summed E-state index contributed by atoms with van der Waals surface area (Å²) in [4.78, 5) is 14.4. The number of ether oxygens (including phenoxy) is 1. The SMILES string of the molecule is COC(=O)c1cc(N)cc(C(F)F)n1. The molecule has 0 aliphatic heterocycles. The summed E-state index contributed by atoms with van der Waals surface area (Å²) in [6.45, 7) is 0. The number of esters is 1. The summed E-state index contributed by atoms with van der Waals surface area (Å²) in [5.74, 6) is -0.792. The van der Waals surface area contributed by atoms with Crippen LogP contribution in [0.5, 0.6) is 0 Å². The van der Waals surface area contributed by atoms with Crippen molar-refractivity contribution in [3.05, 3.63) is 23.5 Å². The molecule has 1 heterocycles. The summed E-state index contributed by atoms with van der Waals surface area (Å²) in [6.07, 6.45) is -2.76. The average Bonchev–Trinajstić information content (AvgIpc) is 2.15. The fraction of sp³-hybridized carbons (Fsp3) is 0.250.